The Kier molecular flexibility index (Phi) is 8.59. The van der Waals surface area contributed by atoms with Crippen LogP contribution in [0.3, 0.4) is 0 Å². The fraction of sp³-hybridized carbons (Fsp3) is 0.182. The van der Waals surface area contributed by atoms with E-state index in [4.69, 9.17) is 4.74 Å². The second-order valence-electron chi connectivity index (χ2n) is 10.2. The van der Waals surface area contributed by atoms with Crippen molar-refractivity contribution in [3.05, 3.63) is 125 Å². The van der Waals surface area contributed by atoms with Gasteiger partial charge in [0.1, 0.15) is 18.5 Å². The van der Waals surface area contributed by atoms with E-state index in [-0.39, 0.29) is 24.8 Å². The van der Waals surface area contributed by atoms with E-state index >= 15 is 0 Å². The summed E-state index contributed by atoms with van der Waals surface area (Å²) in [5, 5.41) is 14.6. The molecule has 0 fully saturated rings. The fourth-order valence-corrected chi connectivity index (χ4v) is 5.22. The summed E-state index contributed by atoms with van der Waals surface area (Å²) < 4.78 is 20.2. The number of fused-ring (bicyclic) bond motifs is 3. The predicted molar refractivity (Wildman–Crippen MR) is 157 cm³/mol. The molecule has 1 aliphatic rings. The fourth-order valence-electron chi connectivity index (χ4n) is 5.22. The van der Waals surface area contributed by atoms with E-state index in [1.54, 1.807) is 11.9 Å². The first-order chi connectivity index (χ1) is 20.3. The normalized spacial score (nSPS) is 12.7. The van der Waals surface area contributed by atoms with E-state index in [1.807, 2.05) is 78.9 Å². The van der Waals surface area contributed by atoms with Crippen molar-refractivity contribution in [2.45, 2.75) is 18.5 Å². The molecular weight excluding hydrogens is 537 g/mol. The summed E-state index contributed by atoms with van der Waals surface area (Å²) in [6.07, 6.45) is -0.763. The minimum absolute atomic E-state index is 0.00469. The molecule has 4 aromatic carbocycles. The van der Waals surface area contributed by atoms with Gasteiger partial charge < -0.3 is 15.2 Å². The molecule has 9 heteroatoms. The minimum Gasteiger partial charge on any atom is -0.480 e. The lowest BCUT2D eigenvalue weighted by molar-refractivity contribution is -0.139. The zero-order valence-corrected chi connectivity index (χ0v) is 22.9. The molecule has 1 atom stereocenters. The first kappa shape index (κ1) is 28.5. The molecule has 4 aromatic rings. The first-order valence-corrected chi connectivity index (χ1v) is 13.5. The number of aliphatic carboxylic acids is 1. The summed E-state index contributed by atoms with van der Waals surface area (Å²) in [5.41, 5.74) is 5.04. The monoisotopic (exact) mass is 567 g/mol. The number of hydrogen-bond donors (Lipinski definition) is 3. The molecule has 2 amide bonds. The Morgan fingerprint density at radius 1 is 0.905 bits per heavy atom. The van der Waals surface area contributed by atoms with Crippen LogP contribution in [-0.4, -0.2) is 54.2 Å². The van der Waals surface area contributed by atoms with Gasteiger partial charge in [-0.05, 0) is 53.1 Å². The zero-order chi connectivity index (χ0) is 29.6. The Morgan fingerprint density at radius 2 is 1.52 bits per heavy atom. The van der Waals surface area contributed by atoms with E-state index in [2.05, 4.69) is 10.6 Å². The van der Waals surface area contributed by atoms with Crippen molar-refractivity contribution in [3.8, 4) is 11.1 Å². The number of carbonyl (C=O) groups excluding carboxylic acids is 2. The number of hydrogen-bond acceptors (Lipinski definition) is 5. The zero-order valence-electron chi connectivity index (χ0n) is 22.9. The van der Waals surface area contributed by atoms with Crippen molar-refractivity contribution >= 4 is 23.7 Å². The van der Waals surface area contributed by atoms with Crippen LogP contribution in [0.5, 0.6) is 0 Å². The van der Waals surface area contributed by atoms with Crippen LogP contribution in [0.4, 0.5) is 14.9 Å². The molecule has 0 saturated heterocycles. The number of carbonyl (C=O) groups is 3. The van der Waals surface area contributed by atoms with Crippen molar-refractivity contribution in [2.24, 2.45) is 0 Å². The number of carboxylic acids is 1. The highest BCUT2D eigenvalue weighted by Crippen LogP contribution is 2.44. The summed E-state index contributed by atoms with van der Waals surface area (Å²) in [6, 6.07) is 27.6. The summed E-state index contributed by atoms with van der Waals surface area (Å²) in [5.74, 6) is -3.15. The largest absolute Gasteiger partial charge is 0.480 e. The maximum atomic E-state index is 14.6. The molecule has 1 aliphatic carbocycles. The number of benzene rings is 4. The predicted octanol–water partition coefficient (Wildman–Crippen LogP) is 5.50. The maximum Gasteiger partial charge on any atom is 0.411 e. The molecule has 1 unspecified atom stereocenters. The third-order valence-corrected chi connectivity index (χ3v) is 7.19. The van der Waals surface area contributed by atoms with E-state index < -0.39 is 35.4 Å². The quantitative estimate of drug-likeness (QED) is 0.234. The van der Waals surface area contributed by atoms with Crippen molar-refractivity contribution in [3.63, 3.8) is 0 Å². The highest BCUT2D eigenvalue weighted by molar-refractivity contribution is 5.98. The van der Waals surface area contributed by atoms with Gasteiger partial charge in [0.25, 0.3) is 5.91 Å². The smallest absolute Gasteiger partial charge is 0.411 e. The minimum atomic E-state index is -1.29. The summed E-state index contributed by atoms with van der Waals surface area (Å²) in [4.78, 5) is 39.2. The van der Waals surface area contributed by atoms with Gasteiger partial charge in [-0.15, -0.1) is 0 Å². The molecule has 214 valence electrons. The van der Waals surface area contributed by atoms with Crippen molar-refractivity contribution in [2.75, 3.05) is 25.5 Å². The Hall–Kier alpha value is -5.02. The molecule has 0 saturated carbocycles. The summed E-state index contributed by atoms with van der Waals surface area (Å²) in [7, 11) is 1.73. The number of nitrogens with zero attached hydrogens (tertiary/aromatic N) is 1. The van der Waals surface area contributed by atoms with Crippen LogP contribution >= 0.6 is 0 Å². The van der Waals surface area contributed by atoms with Gasteiger partial charge in [0, 0.05) is 24.7 Å². The highest BCUT2D eigenvalue weighted by atomic mass is 19.1. The van der Waals surface area contributed by atoms with Crippen LogP contribution in [0, 0.1) is 5.82 Å². The molecule has 0 aliphatic heterocycles. The van der Waals surface area contributed by atoms with Crippen LogP contribution < -0.4 is 10.6 Å². The lowest BCUT2D eigenvalue weighted by atomic mass is 9.98. The number of amides is 2. The number of ether oxygens (including phenoxy) is 1. The van der Waals surface area contributed by atoms with Crippen LogP contribution in [0.25, 0.3) is 11.1 Å². The summed E-state index contributed by atoms with van der Waals surface area (Å²) in [6.45, 7) is 0.550. The SMILES string of the molecule is CN(Cc1ccccc1)CC(NC(=O)c1cc(NC(=O)OCC2c3ccccc3-c3ccccc32)ccc1F)C(=O)O. The van der Waals surface area contributed by atoms with Gasteiger partial charge in [-0.25, -0.2) is 14.0 Å². The Morgan fingerprint density at radius 3 is 2.17 bits per heavy atom. The molecule has 0 aromatic heterocycles. The molecule has 3 N–H and O–H groups in total. The lowest BCUT2D eigenvalue weighted by Crippen LogP contribution is -2.47. The maximum absolute atomic E-state index is 14.6. The standard InChI is InChI=1S/C33H30FN3O5/c1-37(18-21-9-3-2-4-10-21)19-30(32(39)40)36-31(38)27-17-22(15-16-29(27)34)35-33(41)42-20-28-25-13-7-5-11-23(25)24-12-6-8-14-26(24)28/h2-17,28,30H,18-20H2,1H3,(H,35,41)(H,36,38)(H,39,40). The number of carboxylic acid groups (broad SMARTS) is 1. The molecule has 8 nitrogen and oxygen atoms in total. The van der Waals surface area contributed by atoms with Gasteiger partial charge in [-0.2, -0.15) is 0 Å². The summed E-state index contributed by atoms with van der Waals surface area (Å²) >= 11 is 0. The van der Waals surface area contributed by atoms with Crippen LogP contribution in [-0.2, 0) is 16.1 Å². The third kappa shape index (κ3) is 6.47. The van der Waals surface area contributed by atoms with Crippen molar-refractivity contribution in [1.29, 1.82) is 0 Å². The number of nitrogens with one attached hydrogen (secondary N) is 2. The topological polar surface area (TPSA) is 108 Å². The third-order valence-electron chi connectivity index (χ3n) is 7.19. The van der Waals surface area contributed by atoms with E-state index in [9.17, 15) is 23.9 Å². The lowest BCUT2D eigenvalue weighted by Gasteiger charge is -2.22. The van der Waals surface area contributed by atoms with Gasteiger partial charge in [-0.1, -0.05) is 78.9 Å². The second-order valence-corrected chi connectivity index (χ2v) is 10.2. The number of likely N-dealkylation sites (N-methyl/N-ethyl adjacent to an activating group) is 1. The molecule has 5 rings (SSSR count). The Labute approximate surface area is 242 Å². The Balaban J connectivity index is 1.21. The number of halogens is 1. The average Bonchev–Trinajstić information content (AvgIpc) is 3.30. The molecule has 42 heavy (non-hydrogen) atoms. The van der Waals surface area contributed by atoms with Crippen molar-refractivity contribution in [1.82, 2.24) is 10.2 Å². The van der Waals surface area contributed by atoms with Crippen LogP contribution in [0.2, 0.25) is 0 Å². The van der Waals surface area contributed by atoms with Gasteiger partial charge >= 0.3 is 12.1 Å². The molecule has 0 spiro atoms. The van der Waals surface area contributed by atoms with Gasteiger partial charge in [0.15, 0.2) is 0 Å². The van der Waals surface area contributed by atoms with E-state index in [0.717, 1.165) is 39.9 Å². The number of anilines is 1. The molecule has 0 radical (unpaired) electrons. The number of rotatable bonds is 10. The second kappa shape index (κ2) is 12.7. The first-order valence-electron chi connectivity index (χ1n) is 13.5. The molecule has 0 heterocycles. The van der Waals surface area contributed by atoms with Crippen LogP contribution in [0.1, 0.15) is 33.0 Å². The van der Waals surface area contributed by atoms with E-state index in [1.165, 1.54) is 6.07 Å². The average molecular weight is 568 g/mol. The van der Waals surface area contributed by atoms with E-state index in [0.29, 0.717) is 6.54 Å². The van der Waals surface area contributed by atoms with Gasteiger partial charge in [0.05, 0.1) is 5.56 Å². The van der Waals surface area contributed by atoms with Gasteiger partial charge in [0.2, 0.25) is 0 Å². The molecular formula is C33H30FN3O5. The van der Waals surface area contributed by atoms with Gasteiger partial charge in [-0.3, -0.25) is 15.0 Å². The molecule has 0 bridgehead atoms. The van der Waals surface area contributed by atoms with Crippen LogP contribution in [0.15, 0.2) is 97.1 Å². The Bertz CT molecular complexity index is 1570. The van der Waals surface area contributed by atoms with Crippen molar-refractivity contribution < 1.29 is 28.6 Å². The highest BCUT2D eigenvalue weighted by Gasteiger charge is 2.29.